The van der Waals surface area contributed by atoms with E-state index in [1.807, 2.05) is 6.92 Å². The van der Waals surface area contributed by atoms with Crippen molar-refractivity contribution in [1.82, 2.24) is 4.31 Å². The van der Waals surface area contributed by atoms with Crippen LogP contribution in [0.2, 0.25) is 0 Å². The molecule has 0 spiro atoms. The monoisotopic (exact) mass is 250 g/mol. The van der Waals surface area contributed by atoms with Gasteiger partial charge in [-0.3, -0.25) is 0 Å². The summed E-state index contributed by atoms with van der Waals surface area (Å²) in [5.74, 6) is 0.232. The molecule has 0 amide bonds. The Bertz CT molecular complexity index is 327. The van der Waals surface area contributed by atoms with Crippen molar-refractivity contribution >= 4 is 27.2 Å². The highest BCUT2D eigenvalue weighted by molar-refractivity contribution is 7.89. The minimum absolute atomic E-state index is 0.232. The molecule has 0 aromatic rings. The Morgan fingerprint density at radius 2 is 2.20 bits per heavy atom. The average Bonchev–Trinajstić information content (AvgIpc) is 2.14. The maximum absolute atomic E-state index is 11.8. The first-order valence-corrected chi connectivity index (χ1v) is 7.29. The molecule has 1 aliphatic rings. The average molecular weight is 250 g/mol. The lowest BCUT2D eigenvalue weighted by atomic mass is 10.1. The molecule has 0 aromatic heterocycles. The topological polar surface area (TPSA) is 63.4 Å². The second kappa shape index (κ2) is 5.23. The van der Waals surface area contributed by atoms with Crippen LogP contribution in [0, 0.1) is 0 Å². The molecule has 1 saturated heterocycles. The summed E-state index contributed by atoms with van der Waals surface area (Å²) in [7, 11) is -3.12. The first-order valence-electron chi connectivity index (χ1n) is 5.28. The van der Waals surface area contributed by atoms with Crippen LogP contribution < -0.4 is 5.73 Å². The number of thiocarbonyl (C=S) groups is 1. The molecule has 1 heterocycles. The lowest BCUT2D eigenvalue weighted by Gasteiger charge is -2.32. The van der Waals surface area contributed by atoms with E-state index in [2.05, 4.69) is 0 Å². The normalized spacial score (nSPS) is 23.5. The molecule has 6 heteroatoms. The first kappa shape index (κ1) is 12.9. The number of nitrogens with zero attached hydrogens (tertiary/aromatic N) is 1. The predicted molar refractivity (Wildman–Crippen MR) is 65.2 cm³/mol. The number of hydrogen-bond acceptors (Lipinski definition) is 3. The molecular weight excluding hydrogens is 232 g/mol. The first-order chi connectivity index (χ1) is 6.99. The molecule has 0 aliphatic carbocycles. The van der Waals surface area contributed by atoms with Gasteiger partial charge in [0.2, 0.25) is 10.0 Å². The number of rotatable bonds is 4. The molecule has 2 N–H and O–H groups in total. The zero-order valence-corrected chi connectivity index (χ0v) is 10.6. The third-order valence-corrected chi connectivity index (χ3v) is 4.85. The van der Waals surface area contributed by atoms with Gasteiger partial charge in [0.1, 0.15) is 0 Å². The van der Waals surface area contributed by atoms with Gasteiger partial charge in [0.15, 0.2) is 0 Å². The lowest BCUT2D eigenvalue weighted by Crippen LogP contribution is -2.50. The Balaban J connectivity index is 2.86. The summed E-state index contributed by atoms with van der Waals surface area (Å²) in [5, 5.41) is 0. The minimum Gasteiger partial charge on any atom is -0.392 e. The zero-order chi connectivity index (χ0) is 11.5. The van der Waals surface area contributed by atoms with E-state index in [0.29, 0.717) is 18.0 Å². The van der Waals surface area contributed by atoms with E-state index in [1.54, 1.807) is 0 Å². The second-order valence-electron chi connectivity index (χ2n) is 3.84. The number of hydrogen-bond donors (Lipinski definition) is 1. The van der Waals surface area contributed by atoms with E-state index in [9.17, 15) is 8.42 Å². The fourth-order valence-electron chi connectivity index (χ4n) is 1.86. The van der Waals surface area contributed by atoms with E-state index in [0.717, 1.165) is 19.3 Å². The Kier molecular flexibility index (Phi) is 4.48. The minimum atomic E-state index is -3.12. The molecule has 0 saturated carbocycles. The quantitative estimate of drug-likeness (QED) is 0.752. The van der Waals surface area contributed by atoms with Crippen molar-refractivity contribution in [2.75, 3.05) is 12.3 Å². The summed E-state index contributed by atoms with van der Waals surface area (Å²) in [5.41, 5.74) is 5.60. The van der Waals surface area contributed by atoms with Crippen molar-refractivity contribution in [1.29, 1.82) is 0 Å². The van der Waals surface area contributed by atoms with E-state index in [1.165, 1.54) is 4.31 Å². The maximum Gasteiger partial charge on any atom is 0.214 e. The van der Waals surface area contributed by atoms with E-state index in [4.69, 9.17) is 18.0 Å². The summed E-state index contributed by atoms with van der Waals surface area (Å²) in [6.45, 7) is 2.56. The molecule has 0 aromatic carbocycles. The third kappa shape index (κ3) is 3.12. The van der Waals surface area contributed by atoms with Crippen molar-refractivity contribution < 1.29 is 8.42 Å². The Hall–Kier alpha value is -0.200. The van der Waals surface area contributed by atoms with Crippen LogP contribution in [0.5, 0.6) is 0 Å². The second-order valence-corrected chi connectivity index (χ2v) is 6.35. The molecular formula is C9H18N2O2S2. The van der Waals surface area contributed by atoms with E-state index >= 15 is 0 Å². The van der Waals surface area contributed by atoms with Crippen LogP contribution in [0.1, 0.15) is 32.6 Å². The van der Waals surface area contributed by atoms with Gasteiger partial charge in [-0.25, -0.2) is 8.42 Å². The highest BCUT2D eigenvalue weighted by Gasteiger charge is 2.33. The Morgan fingerprint density at radius 3 is 2.67 bits per heavy atom. The molecule has 1 unspecified atom stereocenters. The van der Waals surface area contributed by atoms with Crippen LogP contribution in [0.4, 0.5) is 0 Å². The predicted octanol–water partition coefficient (Wildman–Crippen LogP) is 0.867. The number of nitrogens with two attached hydrogens (primary N) is 1. The highest BCUT2D eigenvalue weighted by atomic mass is 32.2. The molecule has 1 atom stereocenters. The molecule has 0 bridgehead atoms. The van der Waals surface area contributed by atoms with Gasteiger partial charge in [0.05, 0.1) is 16.8 Å². The van der Waals surface area contributed by atoms with Gasteiger partial charge in [0.25, 0.3) is 0 Å². The van der Waals surface area contributed by atoms with Crippen molar-refractivity contribution in [2.24, 2.45) is 5.73 Å². The van der Waals surface area contributed by atoms with E-state index in [-0.39, 0.29) is 11.8 Å². The van der Waals surface area contributed by atoms with Gasteiger partial charge in [-0.2, -0.15) is 4.31 Å². The van der Waals surface area contributed by atoms with E-state index < -0.39 is 10.0 Å². The third-order valence-electron chi connectivity index (χ3n) is 2.63. The summed E-state index contributed by atoms with van der Waals surface area (Å²) < 4.78 is 25.1. The van der Waals surface area contributed by atoms with Gasteiger partial charge in [-0.15, -0.1) is 0 Å². The van der Waals surface area contributed by atoms with Crippen molar-refractivity contribution in [3.8, 4) is 0 Å². The van der Waals surface area contributed by atoms with Crippen LogP contribution in [-0.2, 0) is 10.0 Å². The number of sulfonamides is 1. The van der Waals surface area contributed by atoms with Crippen molar-refractivity contribution in [2.45, 2.75) is 38.6 Å². The van der Waals surface area contributed by atoms with Crippen LogP contribution in [0.3, 0.4) is 0 Å². The van der Waals surface area contributed by atoms with Gasteiger partial charge < -0.3 is 5.73 Å². The fraction of sp³-hybridized carbons (Fsp3) is 0.889. The highest BCUT2D eigenvalue weighted by Crippen LogP contribution is 2.19. The van der Waals surface area contributed by atoms with Crippen molar-refractivity contribution in [3.05, 3.63) is 0 Å². The van der Waals surface area contributed by atoms with Gasteiger partial charge >= 0.3 is 0 Å². The molecule has 4 nitrogen and oxygen atoms in total. The van der Waals surface area contributed by atoms with Crippen LogP contribution in [-0.4, -0.2) is 36.1 Å². The molecule has 15 heavy (non-hydrogen) atoms. The molecule has 1 aliphatic heterocycles. The van der Waals surface area contributed by atoms with Gasteiger partial charge in [0, 0.05) is 6.54 Å². The van der Waals surface area contributed by atoms with Crippen LogP contribution in [0.25, 0.3) is 0 Å². The fourth-order valence-corrected chi connectivity index (χ4v) is 3.99. The standard InChI is InChI=1S/C9H18N2O2S2/c1-2-5-8(9(10)14)11-6-3-4-7-15(11,12)13/h8H,2-7H2,1H3,(H2,10,14). The van der Waals surface area contributed by atoms with Gasteiger partial charge in [-0.1, -0.05) is 25.6 Å². The maximum atomic E-state index is 11.8. The lowest BCUT2D eigenvalue weighted by molar-refractivity contribution is 0.340. The summed E-state index contributed by atoms with van der Waals surface area (Å²) in [4.78, 5) is 0.294. The smallest absolute Gasteiger partial charge is 0.214 e. The molecule has 0 radical (unpaired) electrons. The summed E-state index contributed by atoms with van der Waals surface area (Å²) >= 11 is 4.94. The molecule has 1 rings (SSSR count). The Labute approximate surface area is 96.9 Å². The van der Waals surface area contributed by atoms with Crippen molar-refractivity contribution in [3.63, 3.8) is 0 Å². The zero-order valence-electron chi connectivity index (χ0n) is 8.98. The van der Waals surface area contributed by atoms with Crippen LogP contribution >= 0.6 is 12.2 Å². The summed E-state index contributed by atoms with van der Waals surface area (Å²) in [6.07, 6.45) is 3.25. The summed E-state index contributed by atoms with van der Waals surface area (Å²) in [6, 6.07) is -0.282. The molecule has 88 valence electrons. The SMILES string of the molecule is CCCC(C(N)=S)N1CCCCS1(=O)=O. The molecule has 1 fully saturated rings. The largest absolute Gasteiger partial charge is 0.392 e. The Morgan fingerprint density at radius 1 is 1.53 bits per heavy atom. The van der Waals surface area contributed by atoms with Crippen LogP contribution in [0.15, 0.2) is 0 Å². The van der Waals surface area contributed by atoms with Gasteiger partial charge in [-0.05, 0) is 19.3 Å².